The van der Waals surface area contributed by atoms with Gasteiger partial charge in [-0.1, -0.05) is 12.1 Å². The van der Waals surface area contributed by atoms with Gasteiger partial charge in [-0.2, -0.15) is 13.2 Å². The van der Waals surface area contributed by atoms with E-state index in [-0.39, 0.29) is 12.3 Å². The molecule has 2 aromatic rings. The Morgan fingerprint density at radius 3 is 2.81 bits per heavy atom. The largest absolute Gasteiger partial charge is 0.471 e. The standard InChI is InChI=1S/C17H17F3N4O2S/c18-17(19,20)15(26)22-11-4-5-12-13(7-11)27-16(23-12)24-14(25)10-3-1-2-9(6-10)8-21/h1-3,6,11H,4-5,7-8,21H2,(H,22,26)(H,23,24,25)/t11-/m0/s1. The summed E-state index contributed by atoms with van der Waals surface area (Å²) in [5.41, 5.74) is 7.58. The first kappa shape index (κ1) is 19.3. The SMILES string of the molecule is NCc1cccc(C(=O)Nc2nc3c(s2)C[C@@H](NC(=O)C(F)(F)F)CC3)c1. The van der Waals surface area contributed by atoms with Crippen LogP contribution in [0.5, 0.6) is 0 Å². The third-order valence-electron chi connectivity index (χ3n) is 4.18. The molecule has 27 heavy (non-hydrogen) atoms. The van der Waals surface area contributed by atoms with Crippen LogP contribution in [0.1, 0.15) is 32.9 Å². The zero-order valence-corrected chi connectivity index (χ0v) is 14.9. The van der Waals surface area contributed by atoms with E-state index >= 15 is 0 Å². The smallest absolute Gasteiger partial charge is 0.345 e. The molecule has 1 atom stereocenters. The molecule has 1 heterocycles. The molecule has 10 heteroatoms. The molecule has 0 fully saturated rings. The van der Waals surface area contributed by atoms with Gasteiger partial charge < -0.3 is 11.1 Å². The van der Waals surface area contributed by atoms with Gasteiger partial charge in [0.15, 0.2) is 5.13 Å². The number of benzene rings is 1. The lowest BCUT2D eigenvalue weighted by molar-refractivity contribution is -0.174. The number of alkyl halides is 3. The van der Waals surface area contributed by atoms with Crippen molar-refractivity contribution in [2.75, 3.05) is 5.32 Å². The minimum Gasteiger partial charge on any atom is -0.345 e. The number of halogens is 3. The van der Waals surface area contributed by atoms with Crippen molar-refractivity contribution in [2.45, 2.75) is 38.0 Å². The number of carbonyl (C=O) groups is 2. The summed E-state index contributed by atoms with van der Waals surface area (Å²) >= 11 is 1.21. The summed E-state index contributed by atoms with van der Waals surface area (Å²) < 4.78 is 37.2. The maximum atomic E-state index is 12.4. The summed E-state index contributed by atoms with van der Waals surface area (Å²) in [5, 5.41) is 5.09. The number of nitrogens with two attached hydrogens (primary N) is 1. The Bertz CT molecular complexity index is 866. The molecule has 1 aliphatic carbocycles. The molecule has 0 aliphatic heterocycles. The number of carbonyl (C=O) groups excluding carboxylic acids is 2. The van der Waals surface area contributed by atoms with E-state index in [1.54, 1.807) is 18.2 Å². The molecule has 0 bridgehead atoms. The van der Waals surface area contributed by atoms with E-state index in [4.69, 9.17) is 5.73 Å². The highest BCUT2D eigenvalue weighted by Crippen LogP contribution is 2.30. The lowest BCUT2D eigenvalue weighted by Crippen LogP contribution is -2.45. The van der Waals surface area contributed by atoms with E-state index in [0.29, 0.717) is 30.1 Å². The zero-order valence-electron chi connectivity index (χ0n) is 14.1. The number of nitrogens with zero attached hydrogens (tertiary/aromatic N) is 1. The molecule has 1 aromatic carbocycles. The second-order valence-corrected chi connectivity index (χ2v) is 7.24. The highest BCUT2D eigenvalue weighted by molar-refractivity contribution is 7.15. The first-order chi connectivity index (χ1) is 12.8. The van der Waals surface area contributed by atoms with Crippen molar-refractivity contribution in [3.05, 3.63) is 46.0 Å². The van der Waals surface area contributed by atoms with E-state index in [1.807, 2.05) is 11.4 Å². The first-order valence-corrected chi connectivity index (χ1v) is 9.04. The fraction of sp³-hybridized carbons (Fsp3) is 0.353. The predicted molar refractivity (Wildman–Crippen MR) is 94.4 cm³/mol. The van der Waals surface area contributed by atoms with Gasteiger partial charge in [0.25, 0.3) is 5.91 Å². The Kier molecular flexibility index (Phi) is 5.47. The van der Waals surface area contributed by atoms with Crippen LogP contribution in [0.25, 0.3) is 0 Å². The number of thiazole rings is 1. The molecule has 6 nitrogen and oxygen atoms in total. The normalized spacial score (nSPS) is 16.5. The highest BCUT2D eigenvalue weighted by Gasteiger charge is 2.40. The molecule has 1 aromatic heterocycles. The zero-order chi connectivity index (χ0) is 19.6. The Balaban J connectivity index is 1.66. The van der Waals surface area contributed by atoms with E-state index in [1.165, 1.54) is 11.3 Å². The molecule has 0 unspecified atom stereocenters. The average Bonchev–Trinajstić information content (AvgIpc) is 3.02. The van der Waals surface area contributed by atoms with Crippen molar-refractivity contribution in [1.82, 2.24) is 10.3 Å². The molecular formula is C17H17F3N4O2S. The van der Waals surface area contributed by atoms with Gasteiger partial charge in [0.2, 0.25) is 0 Å². The molecular weight excluding hydrogens is 381 g/mol. The minimum absolute atomic E-state index is 0.257. The maximum Gasteiger partial charge on any atom is 0.471 e. The van der Waals surface area contributed by atoms with Gasteiger partial charge in [-0.05, 0) is 30.5 Å². The summed E-state index contributed by atoms with van der Waals surface area (Å²) in [6.07, 6.45) is -3.84. The molecule has 0 radical (unpaired) electrons. The van der Waals surface area contributed by atoms with E-state index in [2.05, 4.69) is 10.3 Å². The molecule has 1 aliphatic rings. The van der Waals surface area contributed by atoms with Gasteiger partial charge in [0, 0.05) is 29.4 Å². The fourth-order valence-corrected chi connectivity index (χ4v) is 3.91. The minimum atomic E-state index is -4.90. The molecule has 4 N–H and O–H groups in total. The Morgan fingerprint density at radius 2 is 2.11 bits per heavy atom. The maximum absolute atomic E-state index is 12.4. The number of hydrogen-bond acceptors (Lipinski definition) is 5. The van der Waals surface area contributed by atoms with Crippen LogP contribution in [0, 0.1) is 0 Å². The van der Waals surface area contributed by atoms with Crippen molar-refractivity contribution in [2.24, 2.45) is 5.73 Å². The van der Waals surface area contributed by atoms with Crippen molar-refractivity contribution in [3.63, 3.8) is 0 Å². The number of fused-ring (bicyclic) bond motifs is 1. The number of amides is 2. The topological polar surface area (TPSA) is 97.1 Å². The van der Waals surface area contributed by atoms with Crippen molar-refractivity contribution >= 4 is 28.3 Å². The molecule has 0 saturated heterocycles. The van der Waals surface area contributed by atoms with Gasteiger partial charge in [-0.25, -0.2) is 4.98 Å². The quantitative estimate of drug-likeness (QED) is 0.737. The number of nitrogens with one attached hydrogen (secondary N) is 2. The summed E-state index contributed by atoms with van der Waals surface area (Å²) in [7, 11) is 0. The number of aromatic nitrogens is 1. The number of rotatable bonds is 4. The van der Waals surface area contributed by atoms with Crippen LogP contribution in [0.15, 0.2) is 24.3 Å². The van der Waals surface area contributed by atoms with Gasteiger partial charge in [-0.15, -0.1) is 11.3 Å². The summed E-state index contributed by atoms with van der Waals surface area (Å²) in [6.45, 7) is 0.317. The van der Waals surface area contributed by atoms with Gasteiger partial charge in [0.1, 0.15) is 0 Å². The first-order valence-electron chi connectivity index (χ1n) is 8.23. The number of hydrogen-bond donors (Lipinski definition) is 3. The van der Waals surface area contributed by atoms with Crippen molar-refractivity contribution < 1.29 is 22.8 Å². The Morgan fingerprint density at radius 1 is 1.33 bits per heavy atom. The lowest BCUT2D eigenvalue weighted by Gasteiger charge is -2.22. The predicted octanol–water partition coefficient (Wildman–Crippen LogP) is 2.39. The van der Waals surface area contributed by atoms with E-state index in [9.17, 15) is 22.8 Å². The van der Waals surface area contributed by atoms with Gasteiger partial charge >= 0.3 is 12.1 Å². The summed E-state index contributed by atoms with van der Waals surface area (Å²) in [5.74, 6) is -2.27. The highest BCUT2D eigenvalue weighted by atomic mass is 32.1. The Labute approximate surface area is 157 Å². The molecule has 144 valence electrons. The van der Waals surface area contributed by atoms with Crippen LogP contribution in [-0.4, -0.2) is 29.0 Å². The van der Waals surface area contributed by atoms with Gasteiger partial charge in [0.05, 0.1) is 5.69 Å². The third-order valence-corrected chi connectivity index (χ3v) is 5.21. The molecule has 3 rings (SSSR count). The summed E-state index contributed by atoms with van der Waals surface area (Å²) in [6, 6.07) is 6.29. The molecule has 0 saturated carbocycles. The molecule has 0 spiro atoms. The van der Waals surface area contributed by atoms with Crippen molar-refractivity contribution in [3.8, 4) is 0 Å². The second-order valence-electron chi connectivity index (χ2n) is 6.16. The van der Waals surface area contributed by atoms with Crippen LogP contribution < -0.4 is 16.4 Å². The fourth-order valence-electron chi connectivity index (χ4n) is 2.83. The van der Waals surface area contributed by atoms with Crippen molar-refractivity contribution in [1.29, 1.82) is 0 Å². The molecule has 2 amide bonds. The van der Waals surface area contributed by atoms with Crippen LogP contribution in [0.3, 0.4) is 0 Å². The average molecular weight is 398 g/mol. The Hall–Kier alpha value is -2.46. The number of anilines is 1. The number of aryl methyl sites for hydroxylation is 1. The second kappa shape index (κ2) is 7.65. The van der Waals surface area contributed by atoms with Gasteiger partial charge in [-0.3, -0.25) is 14.9 Å². The lowest BCUT2D eigenvalue weighted by atomic mass is 9.97. The third kappa shape index (κ3) is 4.64. The van der Waals surface area contributed by atoms with Crippen LogP contribution in [0.4, 0.5) is 18.3 Å². The van der Waals surface area contributed by atoms with Crippen LogP contribution in [-0.2, 0) is 24.2 Å². The van der Waals surface area contributed by atoms with E-state index in [0.717, 1.165) is 16.1 Å². The summed E-state index contributed by atoms with van der Waals surface area (Å²) in [4.78, 5) is 28.6. The monoisotopic (exact) mass is 398 g/mol. The van der Waals surface area contributed by atoms with Crippen LogP contribution in [0.2, 0.25) is 0 Å². The van der Waals surface area contributed by atoms with Crippen LogP contribution >= 0.6 is 11.3 Å². The van der Waals surface area contributed by atoms with E-state index < -0.39 is 18.1 Å².